The van der Waals surface area contributed by atoms with Gasteiger partial charge in [0.2, 0.25) is 21.8 Å². The van der Waals surface area contributed by atoms with Crippen LogP contribution in [0.1, 0.15) is 52.5 Å². The first-order chi connectivity index (χ1) is 15.8. The fraction of sp³-hybridized carbons (Fsp3) is 0.625. The van der Waals surface area contributed by atoms with Crippen LogP contribution in [0.3, 0.4) is 0 Å². The molecular formula is C24H37N3O6S. The Labute approximate surface area is 202 Å². The molecule has 0 aliphatic carbocycles. The molecule has 1 aromatic carbocycles. The zero-order valence-electron chi connectivity index (χ0n) is 20.6. The lowest BCUT2D eigenvalue weighted by molar-refractivity contribution is -0.143. The monoisotopic (exact) mass is 495 g/mol. The van der Waals surface area contributed by atoms with Crippen molar-refractivity contribution >= 4 is 27.8 Å². The van der Waals surface area contributed by atoms with Crippen molar-refractivity contribution in [2.24, 2.45) is 17.8 Å². The van der Waals surface area contributed by atoms with Crippen molar-refractivity contribution in [3.63, 3.8) is 0 Å². The summed E-state index contributed by atoms with van der Waals surface area (Å²) in [6, 6.07) is 4.55. The number of hydrogen-bond donors (Lipinski definition) is 3. The van der Waals surface area contributed by atoms with Crippen molar-refractivity contribution in [2.45, 2.75) is 70.9 Å². The number of carbonyl (C=O) groups excluding carboxylic acids is 2. The summed E-state index contributed by atoms with van der Waals surface area (Å²) in [5.41, 5.74) is 0.932. The Morgan fingerprint density at radius 2 is 1.62 bits per heavy atom. The van der Waals surface area contributed by atoms with Crippen molar-refractivity contribution in [2.75, 3.05) is 13.1 Å². The van der Waals surface area contributed by atoms with E-state index in [2.05, 4.69) is 10.0 Å². The number of sulfonamides is 1. The van der Waals surface area contributed by atoms with E-state index >= 15 is 0 Å². The van der Waals surface area contributed by atoms with Gasteiger partial charge in [0.1, 0.15) is 12.1 Å². The molecule has 1 aliphatic heterocycles. The summed E-state index contributed by atoms with van der Waals surface area (Å²) < 4.78 is 28.2. The van der Waals surface area contributed by atoms with E-state index in [1.165, 1.54) is 12.1 Å². The van der Waals surface area contributed by atoms with Crippen molar-refractivity contribution in [3.8, 4) is 0 Å². The molecule has 0 aromatic heterocycles. The molecule has 2 amide bonds. The number of likely N-dealkylation sites (tertiary alicyclic amines) is 1. The van der Waals surface area contributed by atoms with Gasteiger partial charge in [0.05, 0.1) is 4.90 Å². The molecule has 0 radical (unpaired) electrons. The van der Waals surface area contributed by atoms with Gasteiger partial charge < -0.3 is 15.3 Å². The Morgan fingerprint density at radius 1 is 1.06 bits per heavy atom. The van der Waals surface area contributed by atoms with Crippen LogP contribution in [-0.4, -0.2) is 61.4 Å². The SMILES string of the molecule is Cc1ccc(S(=O)(=O)N[C@@H](C(=O)N2CCC(C(=O)N[C@H](CC(C)C)C(=O)O)CC2)C(C)C)cc1. The van der Waals surface area contributed by atoms with Crippen LogP contribution in [-0.2, 0) is 24.4 Å². The lowest BCUT2D eigenvalue weighted by Crippen LogP contribution is -2.54. The molecule has 2 atom stereocenters. The Hall–Kier alpha value is -2.46. The molecule has 1 aliphatic rings. The molecule has 1 heterocycles. The predicted octanol–water partition coefficient (Wildman–Crippen LogP) is 2.15. The van der Waals surface area contributed by atoms with Crippen molar-refractivity contribution in [3.05, 3.63) is 29.8 Å². The Balaban J connectivity index is 2.01. The van der Waals surface area contributed by atoms with Gasteiger partial charge in [0.15, 0.2) is 0 Å². The van der Waals surface area contributed by atoms with E-state index in [1.807, 2.05) is 20.8 Å². The molecule has 190 valence electrons. The maximum Gasteiger partial charge on any atom is 0.326 e. The average Bonchev–Trinajstić information content (AvgIpc) is 2.76. The molecule has 34 heavy (non-hydrogen) atoms. The van der Waals surface area contributed by atoms with Crippen LogP contribution in [0.15, 0.2) is 29.2 Å². The number of nitrogens with one attached hydrogen (secondary N) is 2. The number of nitrogens with zero attached hydrogens (tertiary/aromatic N) is 1. The van der Waals surface area contributed by atoms with Crippen LogP contribution in [0.25, 0.3) is 0 Å². The molecule has 1 fully saturated rings. The standard InChI is InChI=1S/C24H37N3O6S/c1-15(2)14-20(24(30)31)25-22(28)18-10-12-27(13-11-18)23(29)21(16(3)4)26-34(32,33)19-8-6-17(5)7-9-19/h6-9,15-16,18,20-21,26H,10-14H2,1-5H3,(H,25,28)(H,30,31)/t20-,21-/m1/s1. The minimum atomic E-state index is -3.88. The molecule has 0 saturated carbocycles. The number of amides is 2. The maximum absolute atomic E-state index is 13.2. The second-order valence-electron chi connectivity index (χ2n) is 9.78. The number of rotatable bonds is 10. The summed E-state index contributed by atoms with van der Waals surface area (Å²) in [4.78, 5) is 38.9. The number of carboxylic acid groups (broad SMARTS) is 1. The molecular weight excluding hydrogens is 458 g/mol. The summed E-state index contributed by atoms with van der Waals surface area (Å²) in [5, 5.41) is 12.0. The second kappa shape index (κ2) is 11.8. The molecule has 1 aromatic rings. The number of aryl methyl sites for hydroxylation is 1. The van der Waals surface area contributed by atoms with E-state index in [-0.39, 0.29) is 34.5 Å². The van der Waals surface area contributed by atoms with E-state index in [9.17, 15) is 27.9 Å². The second-order valence-corrected chi connectivity index (χ2v) is 11.5. The van der Waals surface area contributed by atoms with Gasteiger partial charge in [-0.1, -0.05) is 45.4 Å². The zero-order chi connectivity index (χ0) is 25.6. The van der Waals surface area contributed by atoms with Crippen LogP contribution >= 0.6 is 0 Å². The van der Waals surface area contributed by atoms with E-state index in [4.69, 9.17) is 0 Å². The van der Waals surface area contributed by atoms with Gasteiger partial charge in [-0.15, -0.1) is 0 Å². The first-order valence-corrected chi connectivity index (χ1v) is 13.2. The summed E-state index contributed by atoms with van der Waals surface area (Å²) >= 11 is 0. The summed E-state index contributed by atoms with van der Waals surface area (Å²) in [7, 11) is -3.88. The van der Waals surface area contributed by atoms with Gasteiger partial charge in [-0.05, 0) is 50.2 Å². The van der Waals surface area contributed by atoms with Gasteiger partial charge >= 0.3 is 5.97 Å². The lowest BCUT2D eigenvalue weighted by atomic mass is 9.93. The fourth-order valence-electron chi connectivity index (χ4n) is 3.97. The Kier molecular flexibility index (Phi) is 9.64. The molecule has 10 heteroatoms. The smallest absolute Gasteiger partial charge is 0.326 e. The van der Waals surface area contributed by atoms with Crippen molar-refractivity contribution in [1.29, 1.82) is 0 Å². The predicted molar refractivity (Wildman–Crippen MR) is 128 cm³/mol. The minimum Gasteiger partial charge on any atom is -0.480 e. The maximum atomic E-state index is 13.2. The lowest BCUT2D eigenvalue weighted by Gasteiger charge is -2.35. The third-order valence-electron chi connectivity index (χ3n) is 6.05. The normalized spacial score (nSPS) is 17.0. The van der Waals surface area contributed by atoms with Crippen LogP contribution in [0.2, 0.25) is 0 Å². The number of benzene rings is 1. The van der Waals surface area contributed by atoms with E-state index in [0.717, 1.165) is 5.56 Å². The van der Waals surface area contributed by atoms with Gasteiger partial charge in [-0.25, -0.2) is 13.2 Å². The van der Waals surface area contributed by atoms with Crippen molar-refractivity contribution in [1.82, 2.24) is 14.9 Å². The first kappa shape index (κ1) is 27.8. The molecule has 2 rings (SSSR count). The average molecular weight is 496 g/mol. The zero-order valence-corrected chi connectivity index (χ0v) is 21.4. The van der Waals surface area contributed by atoms with Gasteiger partial charge in [0, 0.05) is 19.0 Å². The third-order valence-corrected chi connectivity index (χ3v) is 7.50. The number of carboxylic acids is 1. The molecule has 0 bridgehead atoms. The highest BCUT2D eigenvalue weighted by molar-refractivity contribution is 7.89. The molecule has 1 saturated heterocycles. The first-order valence-electron chi connectivity index (χ1n) is 11.7. The number of hydrogen-bond acceptors (Lipinski definition) is 5. The highest BCUT2D eigenvalue weighted by atomic mass is 32.2. The van der Waals surface area contributed by atoms with Gasteiger partial charge in [-0.2, -0.15) is 4.72 Å². The largest absolute Gasteiger partial charge is 0.480 e. The molecule has 0 unspecified atom stereocenters. The van der Waals surface area contributed by atoms with Gasteiger partial charge in [-0.3, -0.25) is 9.59 Å². The highest BCUT2D eigenvalue weighted by Gasteiger charge is 2.35. The summed E-state index contributed by atoms with van der Waals surface area (Å²) in [6.07, 6.45) is 1.12. The van der Waals surface area contributed by atoms with Gasteiger partial charge in [0.25, 0.3) is 0 Å². The Bertz CT molecular complexity index is 967. The highest BCUT2D eigenvalue weighted by Crippen LogP contribution is 2.21. The summed E-state index contributed by atoms with van der Waals surface area (Å²) in [6.45, 7) is 9.81. The minimum absolute atomic E-state index is 0.0984. The number of aliphatic carboxylic acids is 1. The Morgan fingerprint density at radius 3 is 2.09 bits per heavy atom. The van der Waals surface area contributed by atoms with Crippen LogP contribution < -0.4 is 10.0 Å². The molecule has 0 spiro atoms. The van der Waals surface area contributed by atoms with Crippen molar-refractivity contribution < 1.29 is 27.9 Å². The fourth-order valence-corrected chi connectivity index (χ4v) is 5.30. The van der Waals surface area contributed by atoms with Crippen LogP contribution in [0.4, 0.5) is 0 Å². The van der Waals surface area contributed by atoms with E-state index in [0.29, 0.717) is 32.4 Å². The van der Waals surface area contributed by atoms with Crippen LogP contribution in [0, 0.1) is 24.7 Å². The number of carbonyl (C=O) groups is 3. The van der Waals surface area contributed by atoms with E-state index < -0.39 is 28.1 Å². The molecule has 3 N–H and O–H groups in total. The number of piperidine rings is 1. The summed E-state index contributed by atoms with van der Waals surface area (Å²) in [5.74, 6) is -2.25. The van der Waals surface area contributed by atoms with Crippen LogP contribution in [0.5, 0.6) is 0 Å². The van der Waals surface area contributed by atoms with E-state index in [1.54, 1.807) is 30.9 Å². The quantitative estimate of drug-likeness (QED) is 0.456. The molecule has 9 nitrogen and oxygen atoms in total. The third kappa shape index (κ3) is 7.53. The topological polar surface area (TPSA) is 133 Å².